The van der Waals surface area contributed by atoms with Crippen LogP contribution in [0.25, 0.3) is 0 Å². The van der Waals surface area contributed by atoms with Crippen LogP contribution in [0.1, 0.15) is 23.7 Å². The molecule has 7 heteroatoms. The van der Waals surface area contributed by atoms with E-state index in [0.29, 0.717) is 19.0 Å². The topological polar surface area (TPSA) is 84.1 Å². The summed E-state index contributed by atoms with van der Waals surface area (Å²) in [5.74, 6) is 0.482. The van der Waals surface area contributed by atoms with Crippen LogP contribution in [-0.2, 0) is 21.1 Å². The van der Waals surface area contributed by atoms with Crippen LogP contribution in [0.5, 0.6) is 0 Å². The van der Waals surface area contributed by atoms with Gasteiger partial charge in [-0.2, -0.15) is 0 Å². The minimum absolute atomic E-state index is 0.482. The van der Waals surface area contributed by atoms with Crippen LogP contribution in [0.2, 0.25) is 0 Å². The number of hydrogen-bond donors (Lipinski definition) is 2. The first-order valence-corrected chi connectivity index (χ1v) is 7.33. The quantitative estimate of drug-likeness (QED) is 0.687. The highest BCUT2D eigenvalue weighted by molar-refractivity contribution is 7.90. The Balaban J connectivity index is 2.54. The Morgan fingerprint density at radius 1 is 1.59 bits per heavy atom. The Bertz CT molecular complexity index is 441. The third kappa shape index (κ3) is 4.45. The molecule has 0 bridgehead atoms. The number of methoxy groups -OCH3 is 1. The van der Waals surface area contributed by atoms with Crippen molar-refractivity contribution in [3.8, 4) is 0 Å². The lowest BCUT2D eigenvalue weighted by molar-refractivity contribution is 0.199. The highest BCUT2D eigenvalue weighted by atomic mass is 32.2. The van der Waals surface area contributed by atoms with Crippen molar-refractivity contribution >= 4 is 9.84 Å². The average Bonchev–Trinajstić information content (AvgIpc) is 2.70. The molecule has 2 N–H and O–H groups in total. The van der Waals surface area contributed by atoms with Crippen molar-refractivity contribution in [3.05, 3.63) is 17.7 Å². The van der Waals surface area contributed by atoms with Crippen LogP contribution < -0.4 is 5.32 Å². The molecule has 0 aliphatic rings. The van der Waals surface area contributed by atoms with E-state index >= 15 is 0 Å². The van der Waals surface area contributed by atoms with Gasteiger partial charge in [0.25, 0.3) is 0 Å². The lowest BCUT2D eigenvalue weighted by Crippen LogP contribution is -2.18. The molecule has 0 aromatic carbocycles. The standard InChI is InChI=1S/C10H19N3O3S/c1-8(17(3,14)15)10-12-7-9(13-10)6-11-4-5-16-2/h7-8,11H,4-6H2,1-3H3,(H,12,13). The van der Waals surface area contributed by atoms with E-state index in [1.54, 1.807) is 20.2 Å². The Hall–Kier alpha value is -0.920. The predicted octanol–water partition coefficient (Wildman–Crippen LogP) is 0.251. The monoisotopic (exact) mass is 261 g/mol. The van der Waals surface area contributed by atoms with Gasteiger partial charge in [0.1, 0.15) is 11.1 Å². The number of aromatic amines is 1. The van der Waals surface area contributed by atoms with E-state index in [0.717, 1.165) is 12.2 Å². The number of nitrogens with zero attached hydrogens (tertiary/aromatic N) is 1. The third-order valence-electron chi connectivity index (χ3n) is 2.47. The SMILES string of the molecule is COCCNCc1cnc(C(C)S(C)(=O)=O)[nH]1. The molecule has 17 heavy (non-hydrogen) atoms. The van der Waals surface area contributed by atoms with E-state index in [9.17, 15) is 8.42 Å². The molecule has 0 amide bonds. The van der Waals surface area contributed by atoms with Gasteiger partial charge in [-0.15, -0.1) is 0 Å². The first kappa shape index (κ1) is 14.1. The zero-order valence-electron chi connectivity index (χ0n) is 10.4. The van der Waals surface area contributed by atoms with Crippen molar-refractivity contribution in [1.29, 1.82) is 0 Å². The molecule has 0 spiro atoms. The second kappa shape index (κ2) is 6.13. The normalized spacial score (nSPS) is 13.8. The van der Waals surface area contributed by atoms with Crippen molar-refractivity contribution in [2.24, 2.45) is 0 Å². The molecular formula is C10H19N3O3S. The van der Waals surface area contributed by atoms with Crippen LogP contribution in [-0.4, -0.2) is 44.9 Å². The van der Waals surface area contributed by atoms with E-state index in [1.165, 1.54) is 6.26 Å². The maximum atomic E-state index is 11.3. The van der Waals surface area contributed by atoms with Gasteiger partial charge in [0.05, 0.1) is 6.61 Å². The lowest BCUT2D eigenvalue weighted by atomic mass is 10.4. The van der Waals surface area contributed by atoms with Gasteiger partial charge >= 0.3 is 0 Å². The van der Waals surface area contributed by atoms with Gasteiger partial charge in [0, 0.05) is 38.3 Å². The molecule has 98 valence electrons. The van der Waals surface area contributed by atoms with Crippen molar-refractivity contribution in [2.45, 2.75) is 18.7 Å². The summed E-state index contributed by atoms with van der Waals surface area (Å²) in [6.45, 7) is 3.62. The van der Waals surface area contributed by atoms with Crippen LogP contribution in [0, 0.1) is 0 Å². The maximum Gasteiger partial charge on any atom is 0.157 e. The fraction of sp³-hybridized carbons (Fsp3) is 0.700. The first-order chi connectivity index (χ1) is 7.95. The van der Waals surface area contributed by atoms with E-state index in [1.807, 2.05) is 0 Å². The molecule has 1 heterocycles. The summed E-state index contributed by atoms with van der Waals surface area (Å²) in [5.41, 5.74) is 0.867. The number of rotatable bonds is 7. The highest BCUT2D eigenvalue weighted by Gasteiger charge is 2.20. The fourth-order valence-corrected chi connectivity index (χ4v) is 1.80. The second-order valence-electron chi connectivity index (χ2n) is 3.94. The van der Waals surface area contributed by atoms with Gasteiger partial charge in [-0.3, -0.25) is 0 Å². The summed E-state index contributed by atoms with van der Waals surface area (Å²) in [4.78, 5) is 7.08. The first-order valence-electron chi connectivity index (χ1n) is 5.37. The van der Waals surface area contributed by atoms with Crippen molar-refractivity contribution in [1.82, 2.24) is 15.3 Å². The van der Waals surface area contributed by atoms with E-state index in [4.69, 9.17) is 4.74 Å². The zero-order chi connectivity index (χ0) is 12.9. The Labute approximate surface area is 102 Å². The Morgan fingerprint density at radius 2 is 2.29 bits per heavy atom. The Kier molecular flexibility index (Phi) is 5.10. The van der Waals surface area contributed by atoms with Gasteiger partial charge in [-0.1, -0.05) is 0 Å². The van der Waals surface area contributed by atoms with Gasteiger partial charge in [0.2, 0.25) is 0 Å². The molecule has 1 rings (SSSR count). The van der Waals surface area contributed by atoms with Crippen LogP contribution in [0.15, 0.2) is 6.20 Å². The highest BCUT2D eigenvalue weighted by Crippen LogP contribution is 2.17. The van der Waals surface area contributed by atoms with Gasteiger partial charge < -0.3 is 15.0 Å². The van der Waals surface area contributed by atoms with E-state index in [-0.39, 0.29) is 0 Å². The minimum atomic E-state index is -3.11. The Morgan fingerprint density at radius 3 is 2.88 bits per heavy atom. The summed E-state index contributed by atoms with van der Waals surface area (Å²) >= 11 is 0. The largest absolute Gasteiger partial charge is 0.383 e. The molecule has 0 saturated carbocycles. The zero-order valence-corrected chi connectivity index (χ0v) is 11.2. The van der Waals surface area contributed by atoms with Crippen molar-refractivity contribution in [3.63, 3.8) is 0 Å². The van der Waals surface area contributed by atoms with Crippen molar-refractivity contribution < 1.29 is 13.2 Å². The number of sulfone groups is 1. The maximum absolute atomic E-state index is 11.3. The molecule has 0 aliphatic heterocycles. The summed E-state index contributed by atoms with van der Waals surface area (Å²) in [6, 6.07) is 0. The number of imidazole rings is 1. The van der Waals surface area contributed by atoms with Crippen LogP contribution >= 0.6 is 0 Å². The summed E-state index contributed by atoms with van der Waals surface area (Å²) in [7, 11) is -1.46. The van der Waals surface area contributed by atoms with Gasteiger partial charge in [-0.05, 0) is 6.92 Å². The summed E-state index contributed by atoms with van der Waals surface area (Å²) in [6.07, 6.45) is 2.85. The smallest absolute Gasteiger partial charge is 0.157 e. The lowest BCUT2D eigenvalue weighted by Gasteiger charge is -2.05. The average molecular weight is 261 g/mol. The molecule has 1 atom stereocenters. The van der Waals surface area contributed by atoms with Crippen LogP contribution in [0.3, 0.4) is 0 Å². The fourth-order valence-electron chi connectivity index (χ4n) is 1.27. The third-order valence-corrected chi connectivity index (χ3v) is 3.98. The van der Waals surface area contributed by atoms with Gasteiger partial charge in [0.15, 0.2) is 9.84 Å². The molecule has 0 radical (unpaired) electrons. The second-order valence-corrected chi connectivity index (χ2v) is 6.30. The van der Waals surface area contributed by atoms with Crippen molar-refractivity contribution in [2.75, 3.05) is 26.5 Å². The molecule has 1 unspecified atom stereocenters. The van der Waals surface area contributed by atoms with E-state index in [2.05, 4.69) is 15.3 Å². The molecule has 0 saturated heterocycles. The molecule has 6 nitrogen and oxygen atoms in total. The minimum Gasteiger partial charge on any atom is -0.383 e. The molecule has 1 aromatic rings. The summed E-state index contributed by atoms with van der Waals surface area (Å²) in [5, 5.41) is 2.55. The number of aromatic nitrogens is 2. The number of ether oxygens (including phenoxy) is 1. The number of nitrogens with one attached hydrogen (secondary N) is 2. The van der Waals surface area contributed by atoms with E-state index < -0.39 is 15.1 Å². The van der Waals surface area contributed by atoms with Crippen LogP contribution in [0.4, 0.5) is 0 Å². The molecular weight excluding hydrogens is 242 g/mol. The number of hydrogen-bond acceptors (Lipinski definition) is 5. The predicted molar refractivity (Wildman–Crippen MR) is 65.4 cm³/mol. The number of H-pyrrole nitrogens is 1. The molecule has 0 fully saturated rings. The molecule has 1 aromatic heterocycles. The van der Waals surface area contributed by atoms with Gasteiger partial charge in [-0.25, -0.2) is 13.4 Å². The summed E-state index contributed by atoms with van der Waals surface area (Å²) < 4.78 is 27.6. The molecule has 0 aliphatic carbocycles.